The molecular weight excluding hydrogens is 238 g/mol. The van der Waals surface area contributed by atoms with Crippen molar-refractivity contribution in [3.8, 4) is 17.6 Å². The molecular formula is C16H15NO2. The van der Waals surface area contributed by atoms with E-state index in [9.17, 15) is 0 Å². The number of ether oxygens (including phenoxy) is 2. The molecule has 0 fully saturated rings. The number of benzene rings is 2. The second-order valence-corrected chi connectivity index (χ2v) is 4.01. The summed E-state index contributed by atoms with van der Waals surface area (Å²) in [5.41, 5.74) is 1.68. The molecule has 0 N–H and O–H groups in total. The zero-order chi connectivity index (χ0) is 13.5. The molecule has 0 radical (unpaired) electrons. The first-order chi connectivity index (χ1) is 9.31. The fraction of sp³-hybridized carbons (Fsp3) is 0.188. The van der Waals surface area contributed by atoms with Crippen molar-refractivity contribution in [2.45, 2.75) is 13.5 Å². The Morgan fingerprint density at radius 2 is 1.68 bits per heavy atom. The number of hydrogen-bond donors (Lipinski definition) is 0. The van der Waals surface area contributed by atoms with Gasteiger partial charge in [0.1, 0.15) is 18.1 Å². The third-order valence-corrected chi connectivity index (χ3v) is 2.61. The van der Waals surface area contributed by atoms with Gasteiger partial charge in [-0.2, -0.15) is 5.26 Å². The summed E-state index contributed by atoms with van der Waals surface area (Å²) in [6, 6.07) is 17.0. The first kappa shape index (κ1) is 13.0. The van der Waals surface area contributed by atoms with E-state index >= 15 is 0 Å². The van der Waals surface area contributed by atoms with Gasteiger partial charge in [0, 0.05) is 6.07 Å². The molecule has 0 atom stereocenters. The van der Waals surface area contributed by atoms with Gasteiger partial charge < -0.3 is 9.47 Å². The summed E-state index contributed by atoms with van der Waals surface area (Å²) in [6.07, 6.45) is 0. The minimum atomic E-state index is 0.473. The van der Waals surface area contributed by atoms with E-state index in [0.717, 1.165) is 17.1 Å². The third-order valence-electron chi connectivity index (χ3n) is 2.61. The van der Waals surface area contributed by atoms with Gasteiger partial charge in [0.05, 0.1) is 18.2 Å². The lowest BCUT2D eigenvalue weighted by Gasteiger charge is -2.08. The Bertz CT molecular complexity index is 570. The van der Waals surface area contributed by atoms with Gasteiger partial charge in [-0.1, -0.05) is 18.2 Å². The Balaban J connectivity index is 1.97. The Labute approximate surface area is 113 Å². The van der Waals surface area contributed by atoms with Crippen LogP contribution in [0.15, 0.2) is 48.5 Å². The molecule has 0 unspecified atom stereocenters. The van der Waals surface area contributed by atoms with Crippen LogP contribution in [0.5, 0.6) is 11.5 Å². The van der Waals surface area contributed by atoms with Crippen LogP contribution in [-0.4, -0.2) is 6.61 Å². The molecule has 0 bridgehead atoms. The predicted octanol–water partition coefficient (Wildman–Crippen LogP) is 3.54. The molecule has 96 valence electrons. The van der Waals surface area contributed by atoms with Crippen molar-refractivity contribution in [1.29, 1.82) is 5.26 Å². The highest BCUT2D eigenvalue weighted by molar-refractivity contribution is 5.34. The van der Waals surface area contributed by atoms with Crippen molar-refractivity contribution in [1.82, 2.24) is 0 Å². The molecule has 0 saturated carbocycles. The van der Waals surface area contributed by atoms with Gasteiger partial charge >= 0.3 is 0 Å². The van der Waals surface area contributed by atoms with Crippen LogP contribution >= 0.6 is 0 Å². The van der Waals surface area contributed by atoms with Crippen LogP contribution in [0.25, 0.3) is 0 Å². The molecule has 0 amide bonds. The smallest absolute Gasteiger partial charge is 0.123 e. The van der Waals surface area contributed by atoms with Gasteiger partial charge in [-0.25, -0.2) is 0 Å². The molecule has 0 spiro atoms. The molecule has 0 heterocycles. The SMILES string of the molecule is CCOc1cccc(OCc2ccc(C#N)cc2)c1. The summed E-state index contributed by atoms with van der Waals surface area (Å²) in [5, 5.41) is 8.72. The maximum Gasteiger partial charge on any atom is 0.123 e. The lowest BCUT2D eigenvalue weighted by atomic mass is 10.2. The van der Waals surface area contributed by atoms with Gasteiger partial charge in [0.15, 0.2) is 0 Å². The molecule has 2 aromatic carbocycles. The highest BCUT2D eigenvalue weighted by Gasteiger charge is 1.99. The van der Waals surface area contributed by atoms with E-state index in [1.165, 1.54) is 0 Å². The van der Waals surface area contributed by atoms with Crippen LogP contribution in [0.3, 0.4) is 0 Å². The van der Waals surface area contributed by atoms with E-state index in [2.05, 4.69) is 6.07 Å². The van der Waals surface area contributed by atoms with Crippen LogP contribution in [0, 0.1) is 11.3 Å². The van der Waals surface area contributed by atoms with Crippen molar-refractivity contribution in [2.75, 3.05) is 6.61 Å². The number of hydrogen-bond acceptors (Lipinski definition) is 3. The van der Waals surface area contributed by atoms with Crippen molar-refractivity contribution < 1.29 is 9.47 Å². The van der Waals surface area contributed by atoms with Crippen molar-refractivity contribution in [3.63, 3.8) is 0 Å². The standard InChI is InChI=1S/C16H15NO2/c1-2-18-15-4-3-5-16(10-15)19-12-14-8-6-13(11-17)7-9-14/h3-10H,2,12H2,1H3. The molecule has 2 rings (SSSR count). The second kappa shape index (κ2) is 6.46. The summed E-state index contributed by atoms with van der Waals surface area (Å²) >= 11 is 0. The molecule has 0 saturated heterocycles. The zero-order valence-corrected chi connectivity index (χ0v) is 10.8. The Morgan fingerprint density at radius 1 is 1.00 bits per heavy atom. The van der Waals surface area contributed by atoms with Crippen molar-refractivity contribution in [3.05, 3.63) is 59.7 Å². The second-order valence-electron chi connectivity index (χ2n) is 4.01. The monoisotopic (exact) mass is 253 g/mol. The first-order valence-electron chi connectivity index (χ1n) is 6.16. The quantitative estimate of drug-likeness (QED) is 0.818. The zero-order valence-electron chi connectivity index (χ0n) is 10.8. The summed E-state index contributed by atoms with van der Waals surface area (Å²) < 4.78 is 11.1. The van der Waals surface area contributed by atoms with Crippen LogP contribution in [-0.2, 0) is 6.61 Å². The van der Waals surface area contributed by atoms with Crippen LogP contribution in [0.2, 0.25) is 0 Å². The number of nitriles is 1. The highest BCUT2D eigenvalue weighted by Crippen LogP contribution is 2.20. The molecule has 19 heavy (non-hydrogen) atoms. The van der Waals surface area contributed by atoms with Crippen LogP contribution in [0.4, 0.5) is 0 Å². The van der Waals surface area contributed by atoms with Gasteiger partial charge in [0.25, 0.3) is 0 Å². The first-order valence-corrected chi connectivity index (χ1v) is 6.16. The number of rotatable bonds is 5. The largest absolute Gasteiger partial charge is 0.494 e. The molecule has 3 nitrogen and oxygen atoms in total. The third kappa shape index (κ3) is 3.75. The maximum atomic E-state index is 8.72. The van der Waals surface area contributed by atoms with Crippen LogP contribution < -0.4 is 9.47 Å². The van der Waals surface area contributed by atoms with E-state index in [1.54, 1.807) is 12.1 Å². The fourth-order valence-corrected chi connectivity index (χ4v) is 1.66. The van der Waals surface area contributed by atoms with Gasteiger partial charge in [-0.3, -0.25) is 0 Å². The lowest BCUT2D eigenvalue weighted by Crippen LogP contribution is -1.96. The predicted molar refractivity (Wildman–Crippen MR) is 73.1 cm³/mol. The summed E-state index contributed by atoms with van der Waals surface area (Å²) in [5.74, 6) is 1.58. The Morgan fingerprint density at radius 3 is 2.32 bits per heavy atom. The molecule has 0 aliphatic carbocycles. The van der Waals surface area contributed by atoms with E-state index in [0.29, 0.717) is 18.8 Å². The van der Waals surface area contributed by atoms with Gasteiger partial charge in [0.2, 0.25) is 0 Å². The number of nitrogens with zero attached hydrogens (tertiary/aromatic N) is 1. The fourth-order valence-electron chi connectivity index (χ4n) is 1.66. The Hall–Kier alpha value is -2.47. The molecule has 0 aliphatic heterocycles. The summed E-state index contributed by atoms with van der Waals surface area (Å²) in [7, 11) is 0. The van der Waals surface area contributed by atoms with Crippen molar-refractivity contribution in [2.24, 2.45) is 0 Å². The Kier molecular flexibility index (Phi) is 4.41. The summed E-state index contributed by atoms with van der Waals surface area (Å²) in [4.78, 5) is 0. The van der Waals surface area contributed by atoms with Gasteiger partial charge in [-0.15, -0.1) is 0 Å². The highest BCUT2D eigenvalue weighted by atomic mass is 16.5. The average Bonchev–Trinajstić information content (AvgIpc) is 2.46. The summed E-state index contributed by atoms with van der Waals surface area (Å²) in [6.45, 7) is 3.06. The van der Waals surface area contributed by atoms with E-state index in [1.807, 2.05) is 43.3 Å². The molecule has 0 aromatic heterocycles. The van der Waals surface area contributed by atoms with E-state index in [-0.39, 0.29) is 0 Å². The van der Waals surface area contributed by atoms with Crippen LogP contribution in [0.1, 0.15) is 18.1 Å². The minimum absolute atomic E-state index is 0.473. The topological polar surface area (TPSA) is 42.2 Å². The minimum Gasteiger partial charge on any atom is -0.494 e. The van der Waals surface area contributed by atoms with Gasteiger partial charge in [-0.05, 0) is 36.8 Å². The normalized spacial score (nSPS) is 9.68. The van der Waals surface area contributed by atoms with E-state index < -0.39 is 0 Å². The molecule has 2 aromatic rings. The van der Waals surface area contributed by atoms with Crippen molar-refractivity contribution >= 4 is 0 Å². The average molecular weight is 253 g/mol. The molecule has 0 aliphatic rings. The lowest BCUT2D eigenvalue weighted by molar-refractivity contribution is 0.299. The van der Waals surface area contributed by atoms with E-state index in [4.69, 9.17) is 14.7 Å². The molecule has 3 heteroatoms. The maximum absolute atomic E-state index is 8.72.